The summed E-state index contributed by atoms with van der Waals surface area (Å²) in [7, 11) is 1.79. The lowest BCUT2D eigenvalue weighted by Gasteiger charge is -2.34. The second kappa shape index (κ2) is 7.75. The summed E-state index contributed by atoms with van der Waals surface area (Å²) in [6.07, 6.45) is -1.87. The number of nitrogens with zero attached hydrogens (tertiary/aromatic N) is 4. The summed E-state index contributed by atoms with van der Waals surface area (Å²) in [5.74, 6) is -0.429. The number of hydrogen-bond acceptors (Lipinski definition) is 4. The monoisotopic (exact) mass is 432 g/mol. The predicted molar refractivity (Wildman–Crippen MR) is 109 cm³/mol. The van der Waals surface area contributed by atoms with Gasteiger partial charge in [-0.15, -0.1) is 0 Å². The third-order valence-corrected chi connectivity index (χ3v) is 5.74. The molecule has 164 valence electrons. The van der Waals surface area contributed by atoms with E-state index in [2.05, 4.69) is 20.8 Å². The van der Waals surface area contributed by atoms with Gasteiger partial charge in [-0.1, -0.05) is 29.8 Å². The molecule has 31 heavy (non-hydrogen) atoms. The van der Waals surface area contributed by atoms with E-state index in [1.165, 1.54) is 6.20 Å². The summed E-state index contributed by atoms with van der Waals surface area (Å²) in [4.78, 5) is 12.8. The molecule has 0 saturated carbocycles. The Balaban J connectivity index is 1.62. The number of aryl methyl sites for hydroxylation is 2. The van der Waals surface area contributed by atoms with Crippen LogP contribution < -0.4 is 10.6 Å². The lowest BCUT2D eigenvalue weighted by Crippen LogP contribution is -2.36. The normalized spacial score (nSPS) is 18.4. The molecular formula is C21H23F3N6O. The molecular weight excluding hydrogens is 409 g/mol. The number of alkyl halides is 3. The number of hydrogen-bond donors (Lipinski definition) is 2. The highest BCUT2D eigenvalue weighted by Gasteiger charge is 2.47. The van der Waals surface area contributed by atoms with Crippen molar-refractivity contribution in [3.05, 3.63) is 64.6 Å². The summed E-state index contributed by atoms with van der Waals surface area (Å²) in [5, 5.41) is 13.9. The van der Waals surface area contributed by atoms with Gasteiger partial charge in [-0.2, -0.15) is 23.4 Å². The van der Waals surface area contributed by atoms with Gasteiger partial charge in [-0.25, -0.2) is 4.68 Å². The van der Waals surface area contributed by atoms with Crippen molar-refractivity contribution in [3.63, 3.8) is 0 Å². The van der Waals surface area contributed by atoms with Crippen molar-refractivity contribution in [2.75, 3.05) is 5.32 Å². The van der Waals surface area contributed by atoms with Crippen molar-refractivity contribution < 1.29 is 18.0 Å². The highest BCUT2D eigenvalue weighted by atomic mass is 19.4. The molecule has 7 nitrogen and oxygen atoms in total. The molecule has 10 heteroatoms. The number of carbonyl (C=O) groups is 1. The van der Waals surface area contributed by atoms with E-state index in [9.17, 15) is 18.0 Å². The number of carbonyl (C=O) groups excluding carboxylic acids is 1. The lowest BCUT2D eigenvalue weighted by molar-refractivity contribution is -0.173. The van der Waals surface area contributed by atoms with Crippen molar-refractivity contribution >= 4 is 11.7 Å². The zero-order valence-electron chi connectivity index (χ0n) is 17.4. The summed E-state index contributed by atoms with van der Waals surface area (Å²) >= 11 is 0. The van der Waals surface area contributed by atoms with Crippen molar-refractivity contribution in [1.82, 2.24) is 24.9 Å². The second-order valence-corrected chi connectivity index (χ2v) is 7.81. The van der Waals surface area contributed by atoms with E-state index in [1.54, 1.807) is 30.1 Å². The van der Waals surface area contributed by atoms with Gasteiger partial charge in [0.1, 0.15) is 11.4 Å². The highest BCUT2D eigenvalue weighted by molar-refractivity contribution is 5.98. The predicted octanol–water partition coefficient (Wildman–Crippen LogP) is 3.82. The molecule has 1 aromatic carbocycles. The minimum absolute atomic E-state index is 0.0690. The molecule has 1 aliphatic heterocycles. The molecule has 2 atom stereocenters. The van der Waals surface area contributed by atoms with Crippen LogP contribution in [0.5, 0.6) is 0 Å². The van der Waals surface area contributed by atoms with Gasteiger partial charge in [0.2, 0.25) is 0 Å². The molecule has 0 fully saturated rings. The summed E-state index contributed by atoms with van der Waals surface area (Å²) < 4.78 is 44.0. The first-order chi connectivity index (χ1) is 14.6. The van der Waals surface area contributed by atoms with E-state index < -0.39 is 24.2 Å². The van der Waals surface area contributed by atoms with Gasteiger partial charge in [-0.3, -0.25) is 9.48 Å². The fourth-order valence-electron chi connectivity index (χ4n) is 3.73. The summed E-state index contributed by atoms with van der Waals surface area (Å²) in [5.41, 5.74) is 3.54. The third-order valence-electron chi connectivity index (χ3n) is 5.74. The minimum Gasteiger partial charge on any atom is -0.363 e. The Morgan fingerprint density at radius 2 is 1.90 bits per heavy atom. The average Bonchev–Trinajstić information content (AvgIpc) is 3.29. The molecule has 2 aromatic heterocycles. The Morgan fingerprint density at radius 1 is 1.19 bits per heavy atom. The van der Waals surface area contributed by atoms with Crippen LogP contribution in [0, 0.1) is 13.8 Å². The van der Waals surface area contributed by atoms with Gasteiger partial charge in [-0.05, 0) is 19.4 Å². The summed E-state index contributed by atoms with van der Waals surface area (Å²) in [6.45, 7) is 4.00. The Bertz CT molecular complexity index is 1100. The van der Waals surface area contributed by atoms with Gasteiger partial charge < -0.3 is 10.6 Å². The average molecular weight is 432 g/mol. The molecule has 0 bridgehead atoms. The van der Waals surface area contributed by atoms with Crippen molar-refractivity contribution in [3.8, 4) is 0 Å². The van der Waals surface area contributed by atoms with Crippen LogP contribution in [-0.2, 0) is 13.6 Å². The van der Waals surface area contributed by atoms with E-state index in [1.807, 2.05) is 26.0 Å². The van der Waals surface area contributed by atoms with Crippen LogP contribution in [0.2, 0.25) is 0 Å². The molecule has 0 aliphatic carbocycles. The topological polar surface area (TPSA) is 76.8 Å². The quantitative estimate of drug-likeness (QED) is 0.657. The maximum atomic E-state index is 13.8. The molecule has 1 aliphatic rings. The van der Waals surface area contributed by atoms with Gasteiger partial charge in [0.15, 0.2) is 6.04 Å². The Hall–Kier alpha value is -3.30. The first-order valence-corrected chi connectivity index (χ1v) is 9.88. The Kier molecular flexibility index (Phi) is 5.24. The molecule has 3 heterocycles. The number of halogens is 3. The smallest absolute Gasteiger partial charge is 0.363 e. The molecule has 3 aromatic rings. The number of anilines is 1. The molecule has 0 radical (unpaired) electrons. The Morgan fingerprint density at radius 3 is 2.52 bits per heavy atom. The molecule has 0 saturated heterocycles. The van der Waals surface area contributed by atoms with E-state index in [-0.39, 0.29) is 24.3 Å². The van der Waals surface area contributed by atoms with E-state index in [0.717, 1.165) is 27.1 Å². The van der Waals surface area contributed by atoms with Gasteiger partial charge in [0.25, 0.3) is 5.91 Å². The van der Waals surface area contributed by atoms with Crippen LogP contribution in [0.25, 0.3) is 0 Å². The maximum absolute atomic E-state index is 13.8. The second-order valence-electron chi connectivity index (χ2n) is 7.81. The molecule has 0 unspecified atom stereocenters. The lowest BCUT2D eigenvalue weighted by atomic mass is 9.96. The summed E-state index contributed by atoms with van der Waals surface area (Å²) in [6, 6.07) is 4.90. The molecule has 0 spiro atoms. The number of benzene rings is 1. The molecule has 4 rings (SSSR count). The number of rotatable bonds is 4. The van der Waals surface area contributed by atoms with Gasteiger partial charge in [0, 0.05) is 31.3 Å². The minimum atomic E-state index is -4.49. The standard InChI is InChI=1S/C21H23F3N6O/c1-12-4-6-14(7-5-12)17-8-18(21(22,23)24)30-19(28-17)16(11-27-30)20(31)25-9-15-10-26-29(3)13(15)2/h4-7,10-11,17-18,28H,8-9H2,1-3H3,(H,25,31)/t17-,18-/m0/s1. The van der Waals surface area contributed by atoms with Crippen molar-refractivity contribution in [1.29, 1.82) is 0 Å². The number of amides is 1. The maximum Gasteiger partial charge on any atom is 0.410 e. The largest absolute Gasteiger partial charge is 0.410 e. The first-order valence-electron chi connectivity index (χ1n) is 9.88. The van der Waals surface area contributed by atoms with E-state index in [4.69, 9.17) is 0 Å². The van der Waals surface area contributed by atoms with E-state index in [0.29, 0.717) is 0 Å². The van der Waals surface area contributed by atoms with Gasteiger partial charge >= 0.3 is 6.18 Å². The molecule has 2 N–H and O–H groups in total. The van der Waals surface area contributed by atoms with E-state index >= 15 is 0 Å². The fourth-order valence-corrected chi connectivity index (χ4v) is 3.73. The van der Waals surface area contributed by atoms with Crippen LogP contribution >= 0.6 is 0 Å². The van der Waals surface area contributed by atoms with Crippen LogP contribution in [0.4, 0.5) is 19.0 Å². The fraction of sp³-hybridized carbons (Fsp3) is 0.381. The zero-order valence-corrected chi connectivity index (χ0v) is 17.4. The first kappa shape index (κ1) is 21.0. The van der Waals surface area contributed by atoms with Crippen LogP contribution in [0.1, 0.15) is 51.2 Å². The molecule has 1 amide bonds. The van der Waals surface area contributed by atoms with Crippen LogP contribution in [0.15, 0.2) is 36.7 Å². The van der Waals surface area contributed by atoms with Crippen molar-refractivity contribution in [2.24, 2.45) is 7.05 Å². The number of nitrogens with one attached hydrogen (secondary N) is 2. The van der Waals surface area contributed by atoms with Crippen molar-refractivity contribution in [2.45, 2.75) is 45.1 Å². The third kappa shape index (κ3) is 4.01. The van der Waals surface area contributed by atoms with Crippen LogP contribution in [-0.4, -0.2) is 31.6 Å². The number of fused-ring (bicyclic) bond motifs is 1. The Labute approximate surface area is 177 Å². The SMILES string of the molecule is Cc1ccc([C@@H]2C[C@@H](C(F)(F)F)n3ncc(C(=O)NCc4cnn(C)c4C)c3N2)cc1. The van der Waals surface area contributed by atoms with Crippen LogP contribution in [0.3, 0.4) is 0 Å². The number of aromatic nitrogens is 4. The highest BCUT2D eigenvalue weighted by Crippen LogP contribution is 2.44. The van der Waals surface area contributed by atoms with Gasteiger partial charge in [0.05, 0.1) is 18.4 Å². The zero-order chi connectivity index (χ0) is 22.3.